The summed E-state index contributed by atoms with van der Waals surface area (Å²) < 4.78 is 4.91. The maximum atomic E-state index is 10.9. The van der Waals surface area contributed by atoms with Crippen LogP contribution in [0.5, 0.6) is 0 Å². The maximum absolute atomic E-state index is 10.9. The minimum atomic E-state index is -0.547. The van der Waals surface area contributed by atoms with Gasteiger partial charge in [0.1, 0.15) is 0 Å². The zero-order valence-electron chi connectivity index (χ0n) is 8.45. The zero-order valence-corrected chi connectivity index (χ0v) is 8.45. The molecular weight excluding hydrogens is 210 g/mol. The van der Waals surface area contributed by atoms with Gasteiger partial charge in [-0.15, -0.1) is 0 Å². The van der Waals surface area contributed by atoms with Crippen LogP contribution < -0.4 is 16.8 Å². The molecule has 0 saturated carbocycles. The van der Waals surface area contributed by atoms with Crippen molar-refractivity contribution in [3.8, 4) is 0 Å². The summed E-state index contributed by atoms with van der Waals surface area (Å²) in [6.07, 6.45) is 0.633. The Bertz CT molecular complexity index is 570. The number of benzene rings is 1. The summed E-state index contributed by atoms with van der Waals surface area (Å²) in [5, 5.41) is 2.49. The molecule has 6 heteroatoms. The molecule has 84 valence electrons. The highest BCUT2D eigenvalue weighted by Gasteiger charge is 2.02. The van der Waals surface area contributed by atoms with Gasteiger partial charge in [0.15, 0.2) is 5.58 Å². The number of hydrogen-bond acceptors (Lipinski definition) is 3. The van der Waals surface area contributed by atoms with Crippen molar-refractivity contribution >= 4 is 17.1 Å². The lowest BCUT2D eigenvalue weighted by Crippen LogP contribution is -2.30. The summed E-state index contributed by atoms with van der Waals surface area (Å²) in [7, 11) is 0. The first-order valence-corrected chi connectivity index (χ1v) is 4.80. The van der Waals surface area contributed by atoms with Crippen LogP contribution in [0.15, 0.2) is 27.4 Å². The summed E-state index contributed by atoms with van der Waals surface area (Å²) in [5.74, 6) is -0.470. The van der Waals surface area contributed by atoms with Gasteiger partial charge in [0.05, 0.1) is 5.52 Å². The van der Waals surface area contributed by atoms with Gasteiger partial charge in [0.2, 0.25) is 0 Å². The van der Waals surface area contributed by atoms with Crippen LogP contribution in [-0.4, -0.2) is 17.6 Å². The molecule has 6 nitrogen and oxygen atoms in total. The molecule has 2 aromatic rings. The molecule has 16 heavy (non-hydrogen) atoms. The first-order chi connectivity index (χ1) is 7.65. The molecule has 0 aliphatic rings. The van der Waals surface area contributed by atoms with Crippen molar-refractivity contribution in [1.82, 2.24) is 10.3 Å². The van der Waals surface area contributed by atoms with E-state index < -0.39 is 11.8 Å². The molecule has 0 spiro atoms. The highest BCUT2D eigenvalue weighted by atomic mass is 16.4. The molecule has 0 aliphatic heterocycles. The van der Waals surface area contributed by atoms with Crippen molar-refractivity contribution < 1.29 is 9.21 Å². The first kappa shape index (κ1) is 10.3. The molecule has 0 fully saturated rings. The van der Waals surface area contributed by atoms with E-state index in [0.717, 1.165) is 5.56 Å². The second kappa shape index (κ2) is 4.09. The molecule has 0 unspecified atom stereocenters. The number of oxazole rings is 1. The average molecular weight is 221 g/mol. The number of H-pyrrole nitrogens is 1. The molecule has 0 radical (unpaired) electrons. The smallest absolute Gasteiger partial charge is 0.408 e. The Kier molecular flexibility index (Phi) is 2.63. The molecule has 0 aliphatic carbocycles. The van der Waals surface area contributed by atoms with Crippen molar-refractivity contribution in [2.45, 2.75) is 6.42 Å². The molecule has 4 N–H and O–H groups in total. The van der Waals surface area contributed by atoms with E-state index in [1.165, 1.54) is 0 Å². The molecule has 2 rings (SSSR count). The van der Waals surface area contributed by atoms with Crippen LogP contribution in [0, 0.1) is 0 Å². The van der Waals surface area contributed by atoms with Gasteiger partial charge in [0.25, 0.3) is 0 Å². The Balaban J connectivity index is 2.13. The van der Waals surface area contributed by atoms with Crippen LogP contribution in [-0.2, 0) is 6.42 Å². The van der Waals surface area contributed by atoms with Crippen LogP contribution in [0.3, 0.4) is 0 Å². The molecule has 0 atom stereocenters. The number of amides is 2. The largest absolute Gasteiger partial charge is 0.417 e. The zero-order chi connectivity index (χ0) is 11.5. The lowest BCUT2D eigenvalue weighted by Gasteiger charge is -2.01. The number of urea groups is 1. The van der Waals surface area contributed by atoms with Crippen LogP contribution in [0.2, 0.25) is 0 Å². The second-order valence-corrected chi connectivity index (χ2v) is 3.39. The molecule has 0 bridgehead atoms. The van der Waals surface area contributed by atoms with E-state index in [0.29, 0.717) is 24.1 Å². The Morgan fingerprint density at radius 3 is 3.06 bits per heavy atom. The maximum Gasteiger partial charge on any atom is 0.417 e. The number of aromatic amines is 1. The SMILES string of the molecule is NC(=O)NCCc1ccc2[nH]c(=O)oc2c1. The second-order valence-electron chi connectivity index (χ2n) is 3.39. The number of carbonyl (C=O) groups excluding carboxylic acids is 1. The summed E-state index contributed by atoms with van der Waals surface area (Å²) in [6, 6.07) is 4.83. The number of carbonyl (C=O) groups is 1. The van der Waals surface area contributed by atoms with E-state index in [1.807, 2.05) is 6.07 Å². The lowest BCUT2D eigenvalue weighted by atomic mass is 10.1. The van der Waals surface area contributed by atoms with Crippen molar-refractivity contribution in [3.05, 3.63) is 34.3 Å². The van der Waals surface area contributed by atoms with E-state index in [9.17, 15) is 9.59 Å². The van der Waals surface area contributed by atoms with E-state index in [4.69, 9.17) is 10.2 Å². The summed E-state index contributed by atoms with van der Waals surface area (Å²) >= 11 is 0. The number of fused-ring (bicyclic) bond motifs is 1. The summed E-state index contributed by atoms with van der Waals surface area (Å²) in [4.78, 5) is 23.9. The number of nitrogens with two attached hydrogens (primary N) is 1. The Labute approximate surface area is 90.4 Å². The quantitative estimate of drug-likeness (QED) is 0.696. The highest BCUT2D eigenvalue weighted by molar-refractivity contribution is 5.73. The fourth-order valence-corrected chi connectivity index (χ4v) is 1.48. The minimum absolute atomic E-state index is 0.454. The highest BCUT2D eigenvalue weighted by Crippen LogP contribution is 2.12. The Morgan fingerprint density at radius 2 is 2.31 bits per heavy atom. The van der Waals surface area contributed by atoms with Gasteiger partial charge in [-0.2, -0.15) is 0 Å². The standard InChI is InChI=1S/C10H11N3O3/c11-9(14)12-4-3-6-1-2-7-8(5-6)16-10(15)13-7/h1-2,5H,3-4H2,(H,13,15)(H3,11,12,14). The Morgan fingerprint density at radius 1 is 1.50 bits per heavy atom. The van der Waals surface area contributed by atoms with Crippen molar-refractivity contribution in [2.24, 2.45) is 5.73 Å². The van der Waals surface area contributed by atoms with E-state index >= 15 is 0 Å². The fourth-order valence-electron chi connectivity index (χ4n) is 1.48. The summed E-state index contributed by atoms with van der Waals surface area (Å²) in [6.45, 7) is 0.454. The molecule has 1 aromatic carbocycles. The number of primary amides is 1. The topological polar surface area (TPSA) is 101 Å². The first-order valence-electron chi connectivity index (χ1n) is 4.80. The number of rotatable bonds is 3. The molecule has 1 aromatic heterocycles. The predicted molar refractivity (Wildman–Crippen MR) is 58.1 cm³/mol. The molecule has 2 amide bonds. The molecular formula is C10H11N3O3. The van der Waals surface area contributed by atoms with E-state index in [2.05, 4.69) is 10.3 Å². The van der Waals surface area contributed by atoms with Crippen molar-refractivity contribution in [2.75, 3.05) is 6.54 Å². The van der Waals surface area contributed by atoms with Gasteiger partial charge >= 0.3 is 11.8 Å². The van der Waals surface area contributed by atoms with Crippen LogP contribution in [0.4, 0.5) is 4.79 Å². The van der Waals surface area contributed by atoms with Gasteiger partial charge in [-0.25, -0.2) is 9.59 Å². The lowest BCUT2D eigenvalue weighted by molar-refractivity contribution is 0.249. The van der Waals surface area contributed by atoms with Gasteiger partial charge in [-0.05, 0) is 24.1 Å². The van der Waals surface area contributed by atoms with E-state index in [1.54, 1.807) is 12.1 Å². The number of nitrogens with one attached hydrogen (secondary N) is 2. The third-order valence-electron chi connectivity index (χ3n) is 2.20. The monoisotopic (exact) mass is 221 g/mol. The molecule has 0 saturated heterocycles. The van der Waals surface area contributed by atoms with Crippen LogP contribution >= 0.6 is 0 Å². The fraction of sp³-hybridized carbons (Fsp3) is 0.200. The van der Waals surface area contributed by atoms with Crippen molar-refractivity contribution in [1.29, 1.82) is 0 Å². The third-order valence-corrected chi connectivity index (χ3v) is 2.20. The van der Waals surface area contributed by atoms with Crippen LogP contribution in [0.25, 0.3) is 11.1 Å². The minimum Gasteiger partial charge on any atom is -0.408 e. The molecule has 1 heterocycles. The van der Waals surface area contributed by atoms with Crippen molar-refractivity contribution in [3.63, 3.8) is 0 Å². The number of aromatic nitrogens is 1. The van der Waals surface area contributed by atoms with Gasteiger partial charge in [-0.3, -0.25) is 4.98 Å². The van der Waals surface area contributed by atoms with Crippen LogP contribution in [0.1, 0.15) is 5.56 Å². The van der Waals surface area contributed by atoms with Gasteiger partial charge in [-0.1, -0.05) is 6.07 Å². The third kappa shape index (κ3) is 2.22. The van der Waals surface area contributed by atoms with E-state index in [-0.39, 0.29) is 0 Å². The number of hydrogen-bond donors (Lipinski definition) is 3. The normalized spacial score (nSPS) is 10.5. The van der Waals surface area contributed by atoms with Gasteiger partial charge < -0.3 is 15.5 Å². The predicted octanol–water partition coefficient (Wildman–Crippen LogP) is 0.332. The average Bonchev–Trinajstić information content (AvgIpc) is 2.56. The van der Waals surface area contributed by atoms with Gasteiger partial charge in [0, 0.05) is 6.54 Å². The summed E-state index contributed by atoms with van der Waals surface area (Å²) in [5.41, 5.74) is 7.08. The Hall–Kier alpha value is -2.24.